The zero-order chi connectivity index (χ0) is 25.6. The van der Waals surface area contributed by atoms with E-state index in [1.165, 1.54) is 65.3 Å². The third-order valence-electron chi connectivity index (χ3n) is 7.50. The molecule has 0 saturated heterocycles. The molecule has 0 saturated carbocycles. The molecule has 7 rings (SSSR count). The minimum atomic E-state index is 0.662. The smallest absolute Gasteiger partial charge is 0.119 e. The summed E-state index contributed by atoms with van der Waals surface area (Å²) in [5.74, 6) is 0.897. The summed E-state index contributed by atoms with van der Waals surface area (Å²) in [6, 6.07) is 43.7. The number of halogens is 1. The molecule has 7 aromatic rings. The SMILES string of the molecule is CCOc1ccc(-c2c3ccccc3c(-c3c4ccccc4c(Br)c4ccccc34)c3ccccc23)cc1. The van der Waals surface area contributed by atoms with E-state index >= 15 is 0 Å². The molecule has 38 heavy (non-hydrogen) atoms. The molecule has 0 aromatic heterocycles. The number of benzene rings is 7. The Hall–Kier alpha value is -4.14. The molecule has 0 fully saturated rings. The molecule has 0 aliphatic rings. The molecule has 0 radical (unpaired) electrons. The first-order valence-corrected chi connectivity index (χ1v) is 13.8. The summed E-state index contributed by atoms with van der Waals surface area (Å²) in [6.07, 6.45) is 0. The van der Waals surface area contributed by atoms with E-state index in [1.54, 1.807) is 0 Å². The molecule has 0 aliphatic heterocycles. The summed E-state index contributed by atoms with van der Waals surface area (Å²) in [6.45, 7) is 2.68. The monoisotopic (exact) mass is 552 g/mol. The molecule has 0 N–H and O–H groups in total. The molecule has 0 heterocycles. The lowest BCUT2D eigenvalue weighted by atomic mass is 9.83. The maximum absolute atomic E-state index is 5.74. The van der Waals surface area contributed by atoms with Gasteiger partial charge in [0.2, 0.25) is 0 Å². The average molecular weight is 553 g/mol. The van der Waals surface area contributed by atoms with Crippen molar-refractivity contribution in [2.75, 3.05) is 6.61 Å². The van der Waals surface area contributed by atoms with Gasteiger partial charge in [0.05, 0.1) is 6.61 Å². The predicted molar refractivity (Wildman–Crippen MR) is 166 cm³/mol. The summed E-state index contributed by atoms with van der Waals surface area (Å²) >= 11 is 3.94. The van der Waals surface area contributed by atoms with Gasteiger partial charge in [-0.25, -0.2) is 0 Å². The van der Waals surface area contributed by atoms with Crippen molar-refractivity contribution in [3.05, 3.63) is 126 Å². The molecule has 0 unspecified atom stereocenters. The zero-order valence-electron chi connectivity index (χ0n) is 21.0. The van der Waals surface area contributed by atoms with Gasteiger partial charge in [-0.3, -0.25) is 0 Å². The van der Waals surface area contributed by atoms with Crippen molar-refractivity contribution < 1.29 is 4.74 Å². The number of ether oxygens (including phenoxy) is 1. The second kappa shape index (κ2) is 9.31. The summed E-state index contributed by atoms with van der Waals surface area (Å²) in [5.41, 5.74) is 5.02. The summed E-state index contributed by atoms with van der Waals surface area (Å²) < 4.78 is 6.88. The largest absolute Gasteiger partial charge is 0.494 e. The zero-order valence-corrected chi connectivity index (χ0v) is 22.6. The number of fused-ring (bicyclic) bond motifs is 4. The minimum absolute atomic E-state index is 0.662. The van der Waals surface area contributed by atoms with Crippen LogP contribution < -0.4 is 4.74 Å². The number of hydrogen-bond donors (Lipinski definition) is 0. The molecule has 0 aliphatic carbocycles. The van der Waals surface area contributed by atoms with Crippen LogP contribution in [0.15, 0.2) is 126 Å². The molecule has 2 heteroatoms. The van der Waals surface area contributed by atoms with Crippen LogP contribution in [0.1, 0.15) is 6.92 Å². The van der Waals surface area contributed by atoms with E-state index in [0.29, 0.717) is 6.61 Å². The standard InChI is InChI=1S/C36H25BrO/c1-2-38-24-21-19-23(20-22-24)33-25-11-3-5-13-27(25)34(28-14-6-4-12-26(28)33)35-29-15-7-9-17-31(29)36(37)32-18-10-8-16-30(32)35/h3-22H,2H2,1H3. The number of rotatable bonds is 4. The van der Waals surface area contributed by atoms with Crippen LogP contribution >= 0.6 is 15.9 Å². The van der Waals surface area contributed by atoms with E-state index in [9.17, 15) is 0 Å². The lowest BCUT2D eigenvalue weighted by Crippen LogP contribution is -1.94. The maximum atomic E-state index is 5.74. The van der Waals surface area contributed by atoms with E-state index in [2.05, 4.69) is 137 Å². The first kappa shape index (κ1) is 23.0. The second-order valence-corrected chi connectivity index (χ2v) is 10.4. The first-order valence-electron chi connectivity index (χ1n) is 13.0. The Balaban J connectivity index is 1.67. The molecule has 0 spiro atoms. The molecular weight excluding hydrogens is 528 g/mol. The van der Waals surface area contributed by atoms with Crippen LogP contribution in [0.5, 0.6) is 5.75 Å². The van der Waals surface area contributed by atoms with Crippen molar-refractivity contribution in [1.29, 1.82) is 0 Å². The molecule has 7 aromatic carbocycles. The van der Waals surface area contributed by atoms with Gasteiger partial charge in [0, 0.05) is 4.47 Å². The van der Waals surface area contributed by atoms with Gasteiger partial charge in [-0.05, 0) is 100 Å². The highest BCUT2D eigenvalue weighted by molar-refractivity contribution is 9.10. The van der Waals surface area contributed by atoms with Gasteiger partial charge in [0.1, 0.15) is 5.75 Å². The van der Waals surface area contributed by atoms with E-state index in [4.69, 9.17) is 4.74 Å². The Morgan fingerprint density at radius 2 is 0.789 bits per heavy atom. The Labute approximate surface area is 230 Å². The van der Waals surface area contributed by atoms with Gasteiger partial charge in [0.25, 0.3) is 0 Å². The van der Waals surface area contributed by atoms with Crippen molar-refractivity contribution in [3.63, 3.8) is 0 Å². The molecule has 0 bridgehead atoms. The average Bonchev–Trinajstić information content (AvgIpc) is 2.98. The molecule has 0 atom stereocenters. The Bertz CT molecular complexity index is 1870. The van der Waals surface area contributed by atoms with Crippen molar-refractivity contribution in [2.45, 2.75) is 6.92 Å². The van der Waals surface area contributed by atoms with Crippen LogP contribution in [0.3, 0.4) is 0 Å². The Morgan fingerprint density at radius 1 is 0.447 bits per heavy atom. The van der Waals surface area contributed by atoms with Gasteiger partial charge < -0.3 is 4.74 Å². The molecule has 0 amide bonds. The fourth-order valence-electron chi connectivity index (χ4n) is 5.94. The third kappa shape index (κ3) is 3.52. The normalized spacial score (nSPS) is 11.5. The fourth-order valence-corrected chi connectivity index (χ4v) is 6.63. The van der Waals surface area contributed by atoms with Crippen LogP contribution in [0.25, 0.3) is 65.3 Å². The number of hydrogen-bond acceptors (Lipinski definition) is 1. The Kier molecular flexibility index (Phi) is 5.64. The van der Waals surface area contributed by atoms with Crippen LogP contribution in [0.4, 0.5) is 0 Å². The lowest BCUT2D eigenvalue weighted by molar-refractivity contribution is 0.340. The molecule has 182 valence electrons. The highest BCUT2D eigenvalue weighted by Gasteiger charge is 2.21. The van der Waals surface area contributed by atoms with Crippen LogP contribution in [-0.2, 0) is 0 Å². The van der Waals surface area contributed by atoms with E-state index in [1.807, 2.05) is 6.92 Å². The maximum Gasteiger partial charge on any atom is 0.119 e. The summed E-state index contributed by atoms with van der Waals surface area (Å²) in [5, 5.41) is 9.97. The third-order valence-corrected chi connectivity index (χ3v) is 8.36. The van der Waals surface area contributed by atoms with E-state index in [-0.39, 0.29) is 0 Å². The molecule has 1 nitrogen and oxygen atoms in total. The van der Waals surface area contributed by atoms with E-state index in [0.717, 1.165) is 10.2 Å². The second-order valence-electron chi connectivity index (χ2n) is 9.58. The van der Waals surface area contributed by atoms with Crippen LogP contribution in [0, 0.1) is 0 Å². The van der Waals surface area contributed by atoms with Gasteiger partial charge in [-0.1, -0.05) is 109 Å². The van der Waals surface area contributed by atoms with Crippen molar-refractivity contribution in [1.82, 2.24) is 0 Å². The van der Waals surface area contributed by atoms with Gasteiger partial charge >= 0.3 is 0 Å². The highest BCUT2D eigenvalue weighted by Crippen LogP contribution is 2.49. The quantitative estimate of drug-likeness (QED) is 0.197. The van der Waals surface area contributed by atoms with Gasteiger partial charge in [0.15, 0.2) is 0 Å². The highest BCUT2D eigenvalue weighted by atomic mass is 79.9. The van der Waals surface area contributed by atoms with Crippen molar-refractivity contribution in [3.8, 4) is 28.0 Å². The van der Waals surface area contributed by atoms with E-state index < -0.39 is 0 Å². The van der Waals surface area contributed by atoms with Crippen molar-refractivity contribution >= 4 is 59.0 Å². The van der Waals surface area contributed by atoms with Crippen LogP contribution in [0.2, 0.25) is 0 Å². The predicted octanol–water partition coefficient (Wildman–Crippen LogP) is 10.8. The topological polar surface area (TPSA) is 9.23 Å². The summed E-state index contributed by atoms with van der Waals surface area (Å²) in [7, 11) is 0. The Morgan fingerprint density at radius 3 is 1.18 bits per heavy atom. The first-order chi connectivity index (χ1) is 18.8. The minimum Gasteiger partial charge on any atom is -0.494 e. The fraction of sp³-hybridized carbons (Fsp3) is 0.0556. The summed E-state index contributed by atoms with van der Waals surface area (Å²) in [4.78, 5) is 0. The van der Waals surface area contributed by atoms with Gasteiger partial charge in [-0.15, -0.1) is 0 Å². The molecular formula is C36H25BrO. The van der Waals surface area contributed by atoms with Gasteiger partial charge in [-0.2, -0.15) is 0 Å². The lowest BCUT2D eigenvalue weighted by Gasteiger charge is -2.21. The van der Waals surface area contributed by atoms with Crippen molar-refractivity contribution in [2.24, 2.45) is 0 Å². The van der Waals surface area contributed by atoms with Crippen LogP contribution in [-0.4, -0.2) is 6.61 Å².